The van der Waals surface area contributed by atoms with Crippen molar-refractivity contribution in [2.24, 2.45) is 29.1 Å². The molecule has 0 aromatic heterocycles. The van der Waals surface area contributed by atoms with Crippen LogP contribution in [0.3, 0.4) is 0 Å². The number of methoxy groups -OCH3 is 1. The molecule has 4 rings (SSSR count). The van der Waals surface area contributed by atoms with E-state index in [1.54, 1.807) is 27.7 Å². The van der Waals surface area contributed by atoms with Gasteiger partial charge in [0.25, 0.3) is 0 Å². The molecule has 1 saturated carbocycles. The molecule has 2 heterocycles. The molecule has 0 aromatic carbocycles. The van der Waals surface area contributed by atoms with Crippen molar-refractivity contribution in [1.82, 2.24) is 0 Å². The van der Waals surface area contributed by atoms with Crippen LogP contribution in [0.1, 0.15) is 75.2 Å². The second-order valence-corrected chi connectivity index (χ2v) is 15.9. The SMILES string of the molecule is COCC1=C/[C@@H]2OC(=O)[C@H](C)[C@@]2(O)[C@@H](OC(C)=O)[C@H]2[C@@]3(CO3)[C@H](OC(C)=O)[C@H](OC(=O)CC(C)C)[C@H](OC(C)=O)[C@]2(C)[C@@H](OC(=O)COC(=O)CC(C)C)/C=C\1. The van der Waals surface area contributed by atoms with E-state index in [9.17, 15) is 38.7 Å². The zero-order chi connectivity index (χ0) is 41.9. The molecule has 4 aliphatic rings. The maximum atomic E-state index is 13.7. The molecule has 17 heteroatoms. The fourth-order valence-electron chi connectivity index (χ4n) is 8.14. The summed E-state index contributed by atoms with van der Waals surface area (Å²) in [6.45, 7) is 12.0. The fraction of sp³-hybridized carbons (Fsp3) is 0.718. The Balaban J connectivity index is 2.10. The van der Waals surface area contributed by atoms with Crippen LogP contribution < -0.4 is 0 Å². The molecule has 2 aliphatic heterocycles. The van der Waals surface area contributed by atoms with Crippen molar-refractivity contribution < 1.29 is 81.3 Å². The molecular formula is C39H54O17. The first kappa shape index (κ1) is 44.4. The van der Waals surface area contributed by atoms with Gasteiger partial charge in [0.15, 0.2) is 36.6 Å². The van der Waals surface area contributed by atoms with Crippen LogP contribution in [0.25, 0.3) is 0 Å². The van der Waals surface area contributed by atoms with Crippen molar-refractivity contribution in [2.75, 3.05) is 26.9 Å². The Bertz CT molecular complexity index is 1610. The van der Waals surface area contributed by atoms with Crippen LogP contribution in [0.4, 0.5) is 0 Å². The maximum absolute atomic E-state index is 13.7. The van der Waals surface area contributed by atoms with Crippen molar-refractivity contribution >= 4 is 41.8 Å². The van der Waals surface area contributed by atoms with Crippen LogP contribution in [0.15, 0.2) is 23.8 Å². The Morgan fingerprint density at radius 3 is 1.93 bits per heavy atom. The van der Waals surface area contributed by atoms with E-state index in [1.165, 1.54) is 39.2 Å². The van der Waals surface area contributed by atoms with Gasteiger partial charge in [-0.25, -0.2) is 4.79 Å². The number of carbonyl (C=O) groups excluding carboxylic acids is 7. The van der Waals surface area contributed by atoms with E-state index in [0.29, 0.717) is 5.57 Å². The van der Waals surface area contributed by atoms with Crippen LogP contribution in [0.2, 0.25) is 0 Å². The van der Waals surface area contributed by atoms with Gasteiger partial charge in [0, 0.05) is 46.6 Å². The molecule has 2 saturated heterocycles. The molecule has 1 N–H and O–H groups in total. The maximum Gasteiger partial charge on any atom is 0.344 e. The van der Waals surface area contributed by atoms with E-state index in [-0.39, 0.29) is 37.9 Å². The lowest BCUT2D eigenvalue weighted by molar-refractivity contribution is -0.279. The normalized spacial score (nSPS) is 36.2. The van der Waals surface area contributed by atoms with E-state index in [1.807, 2.05) is 0 Å². The monoisotopic (exact) mass is 794 g/mol. The van der Waals surface area contributed by atoms with Gasteiger partial charge in [-0.1, -0.05) is 40.7 Å². The van der Waals surface area contributed by atoms with Crippen LogP contribution in [0, 0.1) is 29.1 Å². The molecule has 17 nitrogen and oxygen atoms in total. The largest absolute Gasteiger partial charge is 0.459 e. The van der Waals surface area contributed by atoms with Gasteiger partial charge in [0.05, 0.1) is 24.5 Å². The number of rotatable bonds is 13. The minimum Gasteiger partial charge on any atom is -0.459 e. The zero-order valence-corrected chi connectivity index (χ0v) is 33.5. The molecular weight excluding hydrogens is 740 g/mol. The van der Waals surface area contributed by atoms with Crippen molar-refractivity contribution in [2.45, 2.75) is 123 Å². The number of hydrogen-bond donors (Lipinski definition) is 1. The summed E-state index contributed by atoms with van der Waals surface area (Å²) in [4.78, 5) is 92.2. The van der Waals surface area contributed by atoms with Crippen LogP contribution in [-0.4, -0.2) is 122 Å². The minimum absolute atomic E-state index is 0.0136. The summed E-state index contributed by atoms with van der Waals surface area (Å²) >= 11 is 0. The minimum atomic E-state index is -2.42. The van der Waals surface area contributed by atoms with Gasteiger partial charge < -0.3 is 47.7 Å². The molecule has 312 valence electrons. The van der Waals surface area contributed by atoms with Gasteiger partial charge in [-0.2, -0.15) is 0 Å². The summed E-state index contributed by atoms with van der Waals surface area (Å²) in [6, 6.07) is 0. The third kappa shape index (κ3) is 9.10. The number of ether oxygens (including phenoxy) is 9. The lowest BCUT2D eigenvalue weighted by atomic mass is 9.51. The highest BCUT2D eigenvalue weighted by molar-refractivity contribution is 5.78. The average Bonchev–Trinajstić information content (AvgIpc) is 3.83. The summed E-state index contributed by atoms with van der Waals surface area (Å²) in [6.07, 6.45) is -5.64. The summed E-state index contributed by atoms with van der Waals surface area (Å²) < 4.78 is 52.6. The standard InChI is InChI=1S/C39H54O17/c1-19(2)13-28(43)49-17-30(45)54-26-12-11-25(16-48-10)15-27-39(47,21(5)36(46)55-27)35(53-24(8)42)32-37(26,9)33(51-22(6)40)31(56-29(44)14-20(3)4)34(52-23(7)41)38(32)18-50-38/h11-12,15,19-21,26-27,31-35,47H,13-14,16-18H2,1-10H3/b12-11-,25-15+/t21-,26-,27-,31+,32+,33-,34+,35-,37+,38-,39-/m0/s1. The van der Waals surface area contributed by atoms with Crippen molar-refractivity contribution in [3.63, 3.8) is 0 Å². The molecule has 0 unspecified atom stereocenters. The second-order valence-electron chi connectivity index (χ2n) is 15.9. The number of aliphatic hydroxyl groups is 1. The Hall–Kier alpha value is -4.35. The number of esters is 7. The number of epoxide rings is 1. The first-order valence-electron chi connectivity index (χ1n) is 18.6. The quantitative estimate of drug-likeness (QED) is 0.160. The molecule has 0 amide bonds. The Kier molecular flexibility index (Phi) is 13.8. The zero-order valence-electron chi connectivity index (χ0n) is 33.5. The third-order valence-electron chi connectivity index (χ3n) is 10.6. The van der Waals surface area contributed by atoms with Gasteiger partial charge in [-0.15, -0.1) is 0 Å². The van der Waals surface area contributed by atoms with Crippen LogP contribution >= 0.6 is 0 Å². The van der Waals surface area contributed by atoms with E-state index in [2.05, 4.69) is 0 Å². The summed E-state index contributed by atoms with van der Waals surface area (Å²) in [5, 5.41) is 13.0. The fourth-order valence-corrected chi connectivity index (χ4v) is 8.14. The number of carbonyl (C=O) groups is 7. The molecule has 0 radical (unpaired) electrons. The highest BCUT2D eigenvalue weighted by atomic mass is 16.7. The lowest BCUT2D eigenvalue weighted by Gasteiger charge is -2.59. The average molecular weight is 795 g/mol. The van der Waals surface area contributed by atoms with E-state index < -0.39 is 113 Å². The molecule has 1 spiro atoms. The molecule has 2 aliphatic carbocycles. The molecule has 0 bridgehead atoms. The van der Waals surface area contributed by atoms with Gasteiger partial charge >= 0.3 is 41.8 Å². The predicted molar refractivity (Wildman–Crippen MR) is 190 cm³/mol. The first-order valence-corrected chi connectivity index (χ1v) is 18.6. The van der Waals surface area contributed by atoms with Gasteiger partial charge in [-0.05, 0) is 36.5 Å². The smallest absolute Gasteiger partial charge is 0.344 e. The van der Waals surface area contributed by atoms with Gasteiger partial charge in [-0.3, -0.25) is 28.8 Å². The van der Waals surface area contributed by atoms with Gasteiger partial charge in [0.2, 0.25) is 0 Å². The van der Waals surface area contributed by atoms with E-state index in [0.717, 1.165) is 20.8 Å². The number of hydrogen-bond acceptors (Lipinski definition) is 17. The Morgan fingerprint density at radius 1 is 0.839 bits per heavy atom. The summed E-state index contributed by atoms with van der Waals surface area (Å²) in [5.74, 6) is -9.20. The highest BCUT2D eigenvalue weighted by Crippen LogP contribution is 2.63. The van der Waals surface area contributed by atoms with Crippen molar-refractivity contribution in [3.8, 4) is 0 Å². The molecule has 11 atom stereocenters. The van der Waals surface area contributed by atoms with Crippen molar-refractivity contribution in [3.05, 3.63) is 23.8 Å². The highest BCUT2D eigenvalue weighted by Gasteiger charge is 2.81. The molecule has 3 fully saturated rings. The molecule has 56 heavy (non-hydrogen) atoms. The predicted octanol–water partition coefficient (Wildman–Crippen LogP) is 2.08. The molecule has 0 aromatic rings. The van der Waals surface area contributed by atoms with E-state index in [4.69, 9.17) is 42.6 Å². The third-order valence-corrected chi connectivity index (χ3v) is 10.6. The first-order chi connectivity index (χ1) is 26.1. The topological polar surface area (TPSA) is 226 Å². The lowest BCUT2D eigenvalue weighted by Crippen LogP contribution is -2.76. The van der Waals surface area contributed by atoms with Crippen LogP contribution in [0.5, 0.6) is 0 Å². The summed E-state index contributed by atoms with van der Waals surface area (Å²) in [5.41, 5.74) is -5.90. The van der Waals surface area contributed by atoms with Crippen molar-refractivity contribution in [1.29, 1.82) is 0 Å². The Labute approximate surface area is 325 Å². The number of fused-ring (bicyclic) bond motifs is 3. The van der Waals surface area contributed by atoms with E-state index >= 15 is 0 Å². The second kappa shape index (κ2) is 17.4. The Morgan fingerprint density at radius 2 is 1.39 bits per heavy atom. The summed E-state index contributed by atoms with van der Waals surface area (Å²) in [7, 11) is 1.39. The van der Waals surface area contributed by atoms with Crippen LogP contribution in [-0.2, 0) is 76.2 Å². The van der Waals surface area contributed by atoms with Gasteiger partial charge in [0.1, 0.15) is 17.8 Å².